The summed E-state index contributed by atoms with van der Waals surface area (Å²) < 4.78 is 0. The van der Waals surface area contributed by atoms with E-state index in [1.165, 1.54) is 22.6 Å². The van der Waals surface area contributed by atoms with E-state index in [0.29, 0.717) is 5.92 Å². The van der Waals surface area contributed by atoms with Crippen LogP contribution in [0.3, 0.4) is 0 Å². The van der Waals surface area contributed by atoms with Crippen molar-refractivity contribution in [2.75, 3.05) is 0 Å². The van der Waals surface area contributed by atoms with Crippen molar-refractivity contribution >= 4 is 22.9 Å². The van der Waals surface area contributed by atoms with Crippen LogP contribution in [0.5, 0.6) is 0 Å². The molecule has 0 bridgehead atoms. The summed E-state index contributed by atoms with van der Waals surface area (Å²) in [5.41, 5.74) is 0. The second-order valence-electron chi connectivity index (χ2n) is 4.05. The van der Waals surface area contributed by atoms with Crippen molar-refractivity contribution < 1.29 is 0 Å². The minimum Gasteiger partial charge on any atom is -0.144 e. The number of alkyl halides is 1. The first-order valence-corrected chi connectivity index (χ1v) is 6.14. The fraction of sp³-hybridized carbons (Fsp3) is 0.636. The van der Waals surface area contributed by atoms with Gasteiger partial charge in [-0.25, -0.2) is 0 Å². The highest BCUT2D eigenvalue weighted by atomic mass is 35.5. The molecule has 2 rings (SSSR count). The van der Waals surface area contributed by atoms with Crippen molar-refractivity contribution in [1.29, 1.82) is 0 Å². The van der Waals surface area contributed by atoms with Crippen molar-refractivity contribution in [3.63, 3.8) is 0 Å². The molecule has 2 heteroatoms. The average molecular weight is 215 g/mol. The van der Waals surface area contributed by atoms with E-state index in [1.54, 1.807) is 0 Å². The minimum atomic E-state index is 0.242. The first kappa shape index (κ1) is 9.54. The van der Waals surface area contributed by atoms with Gasteiger partial charge in [0.2, 0.25) is 0 Å². The first-order valence-electron chi connectivity index (χ1n) is 4.89. The molecular formula is C11H15ClS. The lowest BCUT2D eigenvalue weighted by molar-refractivity contribution is 0.495. The molecule has 0 aromatic carbocycles. The highest BCUT2D eigenvalue weighted by Gasteiger charge is 2.33. The zero-order valence-corrected chi connectivity index (χ0v) is 9.66. The van der Waals surface area contributed by atoms with Gasteiger partial charge in [-0.2, -0.15) is 0 Å². The maximum absolute atomic E-state index is 6.42. The molecule has 2 atom stereocenters. The lowest BCUT2D eigenvalue weighted by Crippen LogP contribution is -2.04. The van der Waals surface area contributed by atoms with Gasteiger partial charge in [-0.15, -0.1) is 22.9 Å². The number of rotatable bonds is 3. The maximum atomic E-state index is 6.42. The Hall–Kier alpha value is -0.0100. The van der Waals surface area contributed by atoms with Crippen LogP contribution in [0.15, 0.2) is 12.1 Å². The summed E-state index contributed by atoms with van der Waals surface area (Å²) >= 11 is 8.25. The molecule has 1 aliphatic rings. The molecule has 0 aliphatic heterocycles. The molecule has 0 spiro atoms. The predicted octanol–water partition coefficient (Wildman–Crippen LogP) is 4.38. The lowest BCUT2D eigenvalue weighted by Gasteiger charge is -2.15. The van der Waals surface area contributed by atoms with Gasteiger partial charge in [0.1, 0.15) is 0 Å². The molecule has 1 saturated carbocycles. The van der Waals surface area contributed by atoms with E-state index in [1.807, 2.05) is 11.3 Å². The van der Waals surface area contributed by atoms with Crippen LogP contribution in [-0.2, 0) is 0 Å². The Morgan fingerprint density at radius 3 is 2.62 bits per heavy atom. The molecule has 1 heterocycles. The van der Waals surface area contributed by atoms with E-state index in [4.69, 9.17) is 11.6 Å². The molecule has 0 nitrogen and oxygen atoms in total. The van der Waals surface area contributed by atoms with Gasteiger partial charge in [-0.3, -0.25) is 0 Å². The van der Waals surface area contributed by atoms with E-state index in [2.05, 4.69) is 26.0 Å². The zero-order chi connectivity index (χ0) is 9.42. The third kappa shape index (κ3) is 2.08. The number of hydrogen-bond acceptors (Lipinski definition) is 1. The quantitative estimate of drug-likeness (QED) is 0.655. The van der Waals surface area contributed by atoms with Gasteiger partial charge in [0.05, 0.1) is 5.38 Å². The lowest BCUT2D eigenvalue weighted by atomic mass is 10.0. The summed E-state index contributed by atoms with van der Waals surface area (Å²) in [5.74, 6) is 1.55. The smallest absolute Gasteiger partial charge is 0.0706 e. The van der Waals surface area contributed by atoms with Crippen LogP contribution >= 0.6 is 22.9 Å². The summed E-state index contributed by atoms with van der Waals surface area (Å²) in [7, 11) is 0. The Labute approximate surface area is 88.9 Å². The molecule has 13 heavy (non-hydrogen) atoms. The van der Waals surface area contributed by atoms with Gasteiger partial charge < -0.3 is 0 Å². The van der Waals surface area contributed by atoms with Crippen molar-refractivity contribution in [3.8, 4) is 0 Å². The average Bonchev–Trinajstić information content (AvgIpc) is 2.87. The van der Waals surface area contributed by atoms with Crippen LogP contribution in [0.4, 0.5) is 0 Å². The van der Waals surface area contributed by atoms with Crippen LogP contribution in [0.25, 0.3) is 0 Å². The first-order chi connectivity index (χ1) is 6.18. The molecule has 0 amide bonds. The Morgan fingerprint density at radius 1 is 1.46 bits per heavy atom. The highest BCUT2D eigenvalue weighted by Crippen LogP contribution is 2.46. The maximum Gasteiger partial charge on any atom is 0.0706 e. The van der Waals surface area contributed by atoms with Gasteiger partial charge >= 0.3 is 0 Å². The van der Waals surface area contributed by atoms with Gasteiger partial charge in [-0.1, -0.05) is 6.92 Å². The Bertz CT molecular complexity index is 288. The summed E-state index contributed by atoms with van der Waals surface area (Å²) in [6.07, 6.45) is 2.77. The van der Waals surface area contributed by atoms with E-state index in [0.717, 1.165) is 5.92 Å². The molecule has 0 N–H and O–H groups in total. The molecule has 0 radical (unpaired) electrons. The standard InChI is InChI=1S/C11H15ClS/c1-7-3-6-10(13-7)11(12)8(2)9-4-5-9/h3,6,8-9,11H,4-5H2,1-2H3. The predicted molar refractivity (Wildman–Crippen MR) is 59.5 cm³/mol. The Kier molecular flexibility index (Phi) is 2.66. The van der Waals surface area contributed by atoms with E-state index >= 15 is 0 Å². The van der Waals surface area contributed by atoms with E-state index in [9.17, 15) is 0 Å². The molecule has 1 aromatic heterocycles. The molecule has 1 aromatic rings. The van der Waals surface area contributed by atoms with Crippen LogP contribution in [0.2, 0.25) is 0 Å². The summed E-state index contributed by atoms with van der Waals surface area (Å²) in [6.45, 7) is 4.42. The second-order valence-corrected chi connectivity index (χ2v) is 5.84. The van der Waals surface area contributed by atoms with E-state index < -0.39 is 0 Å². The Balaban J connectivity index is 2.06. The number of halogens is 1. The SMILES string of the molecule is Cc1ccc(C(Cl)C(C)C2CC2)s1. The molecule has 1 fully saturated rings. The number of aryl methyl sites for hydroxylation is 1. The molecule has 2 unspecified atom stereocenters. The second kappa shape index (κ2) is 3.62. The van der Waals surface area contributed by atoms with Crippen molar-refractivity contribution in [2.45, 2.75) is 32.1 Å². The number of hydrogen-bond donors (Lipinski definition) is 0. The van der Waals surface area contributed by atoms with Crippen LogP contribution in [0, 0.1) is 18.8 Å². The van der Waals surface area contributed by atoms with Crippen LogP contribution in [0.1, 0.15) is 34.9 Å². The van der Waals surface area contributed by atoms with Crippen LogP contribution in [-0.4, -0.2) is 0 Å². The fourth-order valence-electron chi connectivity index (χ4n) is 1.72. The largest absolute Gasteiger partial charge is 0.144 e. The summed E-state index contributed by atoms with van der Waals surface area (Å²) in [4.78, 5) is 2.71. The van der Waals surface area contributed by atoms with Crippen molar-refractivity contribution in [1.82, 2.24) is 0 Å². The van der Waals surface area contributed by atoms with E-state index in [-0.39, 0.29) is 5.38 Å². The minimum absolute atomic E-state index is 0.242. The third-order valence-corrected chi connectivity index (χ3v) is 4.71. The molecular weight excluding hydrogens is 200 g/mol. The Morgan fingerprint density at radius 2 is 2.15 bits per heavy atom. The van der Waals surface area contributed by atoms with Crippen LogP contribution < -0.4 is 0 Å². The third-order valence-electron chi connectivity index (χ3n) is 2.86. The van der Waals surface area contributed by atoms with Crippen molar-refractivity contribution in [2.24, 2.45) is 11.8 Å². The topological polar surface area (TPSA) is 0 Å². The molecule has 0 saturated heterocycles. The van der Waals surface area contributed by atoms with Gasteiger partial charge in [0, 0.05) is 9.75 Å². The number of thiophene rings is 1. The highest BCUT2D eigenvalue weighted by molar-refractivity contribution is 7.12. The molecule has 72 valence electrons. The summed E-state index contributed by atoms with van der Waals surface area (Å²) in [6, 6.07) is 4.34. The summed E-state index contributed by atoms with van der Waals surface area (Å²) in [5, 5.41) is 0.242. The van der Waals surface area contributed by atoms with Crippen molar-refractivity contribution in [3.05, 3.63) is 21.9 Å². The normalized spacial score (nSPS) is 21.5. The van der Waals surface area contributed by atoms with Gasteiger partial charge in [0.25, 0.3) is 0 Å². The van der Waals surface area contributed by atoms with Gasteiger partial charge in [-0.05, 0) is 43.7 Å². The zero-order valence-electron chi connectivity index (χ0n) is 8.09. The monoisotopic (exact) mass is 214 g/mol. The fourth-order valence-corrected chi connectivity index (χ4v) is 3.10. The molecule has 1 aliphatic carbocycles. The van der Waals surface area contributed by atoms with Gasteiger partial charge in [0.15, 0.2) is 0 Å².